The number of aromatic nitrogens is 2. The third-order valence-corrected chi connectivity index (χ3v) is 4.70. The molecule has 2 aromatic carbocycles. The molecule has 0 radical (unpaired) electrons. The summed E-state index contributed by atoms with van der Waals surface area (Å²) in [6.45, 7) is 4.43. The van der Waals surface area contributed by atoms with Crippen molar-refractivity contribution in [3.05, 3.63) is 59.7 Å². The molecule has 0 spiro atoms. The van der Waals surface area contributed by atoms with Gasteiger partial charge in [-0.25, -0.2) is 4.98 Å². The summed E-state index contributed by atoms with van der Waals surface area (Å²) >= 11 is 0. The Morgan fingerprint density at radius 3 is 2.69 bits per heavy atom. The van der Waals surface area contributed by atoms with E-state index in [0.29, 0.717) is 12.5 Å². The lowest BCUT2D eigenvalue weighted by Crippen LogP contribution is -2.19. The zero-order valence-corrected chi connectivity index (χ0v) is 15.0. The Labute approximate surface area is 153 Å². The molecular weight excluding hydrogens is 324 g/mol. The van der Waals surface area contributed by atoms with E-state index in [1.807, 2.05) is 18.2 Å². The molecule has 3 aromatic rings. The van der Waals surface area contributed by atoms with Gasteiger partial charge in [-0.15, -0.1) is 0 Å². The van der Waals surface area contributed by atoms with E-state index in [1.54, 1.807) is 0 Å². The molecule has 5 nitrogen and oxygen atoms in total. The summed E-state index contributed by atoms with van der Waals surface area (Å²) in [4.78, 5) is 9.36. The summed E-state index contributed by atoms with van der Waals surface area (Å²) < 4.78 is 5.71. The molecule has 1 unspecified atom stereocenters. The number of aryl methyl sites for hydroxylation is 1. The predicted octanol–water partition coefficient (Wildman–Crippen LogP) is 4.14. The smallest absolute Gasteiger partial charge is 0.225 e. The summed E-state index contributed by atoms with van der Waals surface area (Å²) in [5, 5.41) is 7.84. The molecule has 0 amide bonds. The molecule has 0 aliphatic carbocycles. The van der Waals surface area contributed by atoms with Gasteiger partial charge in [-0.3, -0.25) is 0 Å². The second kappa shape index (κ2) is 7.70. The molecule has 26 heavy (non-hydrogen) atoms. The maximum Gasteiger partial charge on any atom is 0.225 e. The van der Waals surface area contributed by atoms with Crippen molar-refractivity contribution in [3.63, 3.8) is 0 Å². The van der Waals surface area contributed by atoms with Gasteiger partial charge in [-0.1, -0.05) is 42.0 Å². The Bertz CT molecular complexity index is 873. The van der Waals surface area contributed by atoms with Crippen LogP contribution in [0.3, 0.4) is 0 Å². The van der Waals surface area contributed by atoms with E-state index in [1.165, 1.54) is 11.1 Å². The molecule has 5 heteroatoms. The highest BCUT2D eigenvalue weighted by molar-refractivity contribution is 5.90. The molecule has 134 valence electrons. The number of anilines is 2. The van der Waals surface area contributed by atoms with E-state index >= 15 is 0 Å². The van der Waals surface area contributed by atoms with Crippen LogP contribution in [0.25, 0.3) is 10.9 Å². The van der Waals surface area contributed by atoms with Crippen LogP contribution in [0.5, 0.6) is 0 Å². The minimum atomic E-state index is 0.271. The molecule has 2 heterocycles. The van der Waals surface area contributed by atoms with Crippen molar-refractivity contribution in [3.8, 4) is 0 Å². The van der Waals surface area contributed by atoms with Gasteiger partial charge >= 0.3 is 0 Å². The largest absolute Gasteiger partial charge is 0.376 e. The van der Waals surface area contributed by atoms with Gasteiger partial charge < -0.3 is 15.4 Å². The van der Waals surface area contributed by atoms with Gasteiger partial charge in [0, 0.05) is 25.1 Å². The van der Waals surface area contributed by atoms with Crippen LogP contribution in [0.4, 0.5) is 11.8 Å². The fraction of sp³-hybridized carbons (Fsp3) is 0.333. The van der Waals surface area contributed by atoms with Crippen molar-refractivity contribution in [1.29, 1.82) is 0 Å². The maximum atomic E-state index is 5.71. The highest BCUT2D eigenvalue weighted by atomic mass is 16.5. The van der Waals surface area contributed by atoms with Crippen LogP contribution in [0.15, 0.2) is 48.5 Å². The van der Waals surface area contributed by atoms with Crippen LogP contribution in [-0.4, -0.2) is 29.2 Å². The van der Waals surface area contributed by atoms with Crippen molar-refractivity contribution in [1.82, 2.24) is 9.97 Å². The molecule has 0 saturated carbocycles. The number of benzene rings is 2. The van der Waals surface area contributed by atoms with E-state index in [9.17, 15) is 0 Å². The van der Waals surface area contributed by atoms with Gasteiger partial charge in [0.1, 0.15) is 5.82 Å². The Hall–Kier alpha value is -2.66. The molecule has 0 bridgehead atoms. The van der Waals surface area contributed by atoms with Crippen molar-refractivity contribution >= 4 is 22.7 Å². The highest BCUT2D eigenvalue weighted by Crippen LogP contribution is 2.23. The number of nitrogens with one attached hydrogen (secondary N) is 2. The first-order valence-corrected chi connectivity index (χ1v) is 9.19. The van der Waals surface area contributed by atoms with Crippen molar-refractivity contribution in [2.45, 2.75) is 32.4 Å². The summed E-state index contributed by atoms with van der Waals surface area (Å²) in [5.41, 5.74) is 3.40. The fourth-order valence-electron chi connectivity index (χ4n) is 3.19. The van der Waals surface area contributed by atoms with E-state index in [0.717, 1.165) is 42.7 Å². The fourth-order valence-corrected chi connectivity index (χ4v) is 3.19. The molecule has 1 saturated heterocycles. The van der Waals surface area contributed by atoms with E-state index in [-0.39, 0.29) is 6.10 Å². The van der Waals surface area contributed by atoms with E-state index in [2.05, 4.69) is 52.9 Å². The number of para-hydroxylation sites is 1. The SMILES string of the molecule is Cc1ccc(CNc2nc(NCC3CCCO3)c3ccccc3n2)cc1. The third kappa shape index (κ3) is 3.94. The number of nitrogens with zero attached hydrogens (tertiary/aromatic N) is 2. The second-order valence-corrected chi connectivity index (χ2v) is 6.77. The average molecular weight is 348 g/mol. The van der Waals surface area contributed by atoms with Crippen LogP contribution in [-0.2, 0) is 11.3 Å². The van der Waals surface area contributed by atoms with Gasteiger partial charge in [0.05, 0.1) is 11.6 Å². The van der Waals surface area contributed by atoms with Crippen molar-refractivity contribution in [2.75, 3.05) is 23.8 Å². The molecule has 1 atom stereocenters. The van der Waals surface area contributed by atoms with Crippen molar-refractivity contribution in [2.24, 2.45) is 0 Å². The zero-order chi connectivity index (χ0) is 17.8. The minimum Gasteiger partial charge on any atom is -0.376 e. The standard InChI is InChI=1S/C21H24N4O/c1-15-8-10-16(11-9-15)13-23-21-24-19-7-3-2-6-18(19)20(25-21)22-14-17-5-4-12-26-17/h2-3,6-11,17H,4-5,12-14H2,1H3,(H2,22,23,24,25). The third-order valence-electron chi connectivity index (χ3n) is 4.70. The van der Waals surface area contributed by atoms with Crippen LogP contribution >= 0.6 is 0 Å². The molecule has 1 aromatic heterocycles. The lowest BCUT2D eigenvalue weighted by atomic mass is 10.1. The van der Waals surface area contributed by atoms with Crippen LogP contribution in [0, 0.1) is 6.92 Å². The lowest BCUT2D eigenvalue weighted by molar-refractivity contribution is 0.120. The Kier molecular flexibility index (Phi) is 4.97. The first-order valence-electron chi connectivity index (χ1n) is 9.19. The first-order chi connectivity index (χ1) is 12.8. The van der Waals surface area contributed by atoms with Gasteiger partial charge in [0.2, 0.25) is 5.95 Å². The summed E-state index contributed by atoms with van der Waals surface area (Å²) in [5.74, 6) is 1.50. The predicted molar refractivity (Wildman–Crippen MR) is 106 cm³/mol. The number of fused-ring (bicyclic) bond motifs is 1. The number of ether oxygens (including phenoxy) is 1. The number of rotatable bonds is 6. The van der Waals surface area contributed by atoms with Crippen molar-refractivity contribution < 1.29 is 4.74 Å². The Balaban J connectivity index is 1.53. The summed E-state index contributed by atoms with van der Waals surface area (Å²) in [6.07, 6.45) is 2.52. The van der Waals surface area contributed by atoms with Crippen LogP contribution < -0.4 is 10.6 Å². The van der Waals surface area contributed by atoms with E-state index < -0.39 is 0 Å². The molecule has 1 aliphatic heterocycles. The molecular formula is C21H24N4O. The quantitative estimate of drug-likeness (QED) is 0.701. The monoisotopic (exact) mass is 348 g/mol. The topological polar surface area (TPSA) is 59.1 Å². The Morgan fingerprint density at radius 1 is 1.04 bits per heavy atom. The van der Waals surface area contributed by atoms with E-state index in [4.69, 9.17) is 9.72 Å². The van der Waals surface area contributed by atoms with Gasteiger partial charge in [0.25, 0.3) is 0 Å². The molecule has 1 fully saturated rings. The van der Waals surface area contributed by atoms with Gasteiger partial charge in [-0.05, 0) is 37.5 Å². The first kappa shape index (κ1) is 16.8. The number of hydrogen-bond donors (Lipinski definition) is 2. The number of hydrogen-bond acceptors (Lipinski definition) is 5. The molecule has 1 aliphatic rings. The second-order valence-electron chi connectivity index (χ2n) is 6.77. The normalized spacial score (nSPS) is 16.7. The maximum absolute atomic E-state index is 5.71. The van der Waals surface area contributed by atoms with Crippen LogP contribution in [0.1, 0.15) is 24.0 Å². The molecule has 4 rings (SSSR count). The summed E-state index contributed by atoms with van der Waals surface area (Å²) in [7, 11) is 0. The van der Waals surface area contributed by atoms with Gasteiger partial charge in [-0.2, -0.15) is 4.98 Å². The molecule has 2 N–H and O–H groups in total. The highest BCUT2D eigenvalue weighted by Gasteiger charge is 2.16. The lowest BCUT2D eigenvalue weighted by Gasteiger charge is -2.14. The minimum absolute atomic E-state index is 0.271. The Morgan fingerprint density at radius 2 is 1.88 bits per heavy atom. The zero-order valence-electron chi connectivity index (χ0n) is 15.0. The van der Waals surface area contributed by atoms with Crippen LogP contribution in [0.2, 0.25) is 0 Å². The summed E-state index contributed by atoms with van der Waals surface area (Å²) in [6, 6.07) is 16.6. The van der Waals surface area contributed by atoms with Gasteiger partial charge in [0.15, 0.2) is 0 Å². The average Bonchev–Trinajstić information content (AvgIpc) is 3.19.